The van der Waals surface area contributed by atoms with Crippen LogP contribution in [0.25, 0.3) is 11.3 Å². The molecule has 0 aliphatic rings. The lowest BCUT2D eigenvalue weighted by atomic mass is 10.1. The number of hydrogen-bond donors (Lipinski definition) is 2. The molecular formula is C12H14N4. The Bertz CT molecular complexity index is 482. The van der Waals surface area contributed by atoms with Crippen LogP contribution in [0.4, 0.5) is 5.69 Å². The molecule has 82 valence electrons. The molecule has 1 aromatic heterocycles. The highest BCUT2D eigenvalue weighted by molar-refractivity contribution is 5.76. The number of nitrogens with zero attached hydrogens (tertiary/aromatic N) is 2. The van der Waals surface area contributed by atoms with Crippen LogP contribution in [-0.4, -0.2) is 23.4 Å². The molecule has 0 fully saturated rings. The second-order valence-electron chi connectivity index (χ2n) is 3.49. The molecule has 4 nitrogen and oxygen atoms in total. The Hall–Kier alpha value is -2.10. The van der Waals surface area contributed by atoms with Crippen molar-refractivity contribution < 1.29 is 0 Å². The van der Waals surface area contributed by atoms with Crippen molar-refractivity contribution in [1.29, 1.82) is 0 Å². The molecule has 0 aliphatic heterocycles. The SMILES string of the molecule is CN=CNc1ccc(-c2nc[nH]c2C)cc1. The topological polar surface area (TPSA) is 53.1 Å². The summed E-state index contributed by atoms with van der Waals surface area (Å²) in [7, 11) is 1.73. The molecule has 2 N–H and O–H groups in total. The fourth-order valence-electron chi connectivity index (χ4n) is 1.51. The predicted octanol–water partition coefficient (Wildman–Crippen LogP) is 2.46. The van der Waals surface area contributed by atoms with Crippen LogP contribution in [0, 0.1) is 6.92 Å². The highest BCUT2D eigenvalue weighted by Gasteiger charge is 2.03. The monoisotopic (exact) mass is 214 g/mol. The molecule has 1 heterocycles. The zero-order valence-corrected chi connectivity index (χ0v) is 9.36. The largest absolute Gasteiger partial charge is 0.348 e. The number of H-pyrrole nitrogens is 1. The van der Waals surface area contributed by atoms with Crippen LogP contribution in [0.1, 0.15) is 5.69 Å². The van der Waals surface area contributed by atoms with Gasteiger partial charge in [-0.15, -0.1) is 0 Å². The van der Waals surface area contributed by atoms with Crippen LogP contribution in [0.2, 0.25) is 0 Å². The normalized spacial score (nSPS) is 10.9. The lowest BCUT2D eigenvalue weighted by molar-refractivity contribution is 1.25. The summed E-state index contributed by atoms with van der Waals surface area (Å²) in [5, 5.41) is 3.06. The van der Waals surface area contributed by atoms with E-state index < -0.39 is 0 Å². The first-order chi connectivity index (χ1) is 7.81. The number of aliphatic imine (C=N–C) groups is 1. The van der Waals surface area contributed by atoms with E-state index in [0.717, 1.165) is 22.6 Å². The predicted molar refractivity (Wildman–Crippen MR) is 66.8 cm³/mol. The van der Waals surface area contributed by atoms with Crippen molar-refractivity contribution in [3.05, 3.63) is 36.3 Å². The van der Waals surface area contributed by atoms with Gasteiger partial charge in [0.2, 0.25) is 0 Å². The molecule has 16 heavy (non-hydrogen) atoms. The highest BCUT2D eigenvalue weighted by atomic mass is 14.9. The number of nitrogens with one attached hydrogen (secondary N) is 2. The number of benzene rings is 1. The van der Waals surface area contributed by atoms with Crippen LogP contribution in [0.3, 0.4) is 0 Å². The van der Waals surface area contributed by atoms with E-state index in [2.05, 4.69) is 20.3 Å². The van der Waals surface area contributed by atoms with Crippen molar-refractivity contribution in [2.24, 2.45) is 4.99 Å². The van der Waals surface area contributed by atoms with E-state index in [4.69, 9.17) is 0 Å². The summed E-state index contributed by atoms with van der Waals surface area (Å²) >= 11 is 0. The van der Waals surface area contributed by atoms with Crippen LogP contribution in [-0.2, 0) is 0 Å². The van der Waals surface area contributed by atoms with Gasteiger partial charge in [-0.2, -0.15) is 0 Å². The van der Waals surface area contributed by atoms with E-state index in [1.54, 1.807) is 19.7 Å². The van der Waals surface area contributed by atoms with Crippen molar-refractivity contribution in [2.45, 2.75) is 6.92 Å². The summed E-state index contributed by atoms with van der Waals surface area (Å²) in [6, 6.07) is 8.08. The van der Waals surface area contributed by atoms with Gasteiger partial charge in [-0.1, -0.05) is 12.1 Å². The molecule has 0 unspecified atom stereocenters. The van der Waals surface area contributed by atoms with E-state index in [9.17, 15) is 0 Å². The van der Waals surface area contributed by atoms with Gasteiger partial charge in [0.1, 0.15) is 0 Å². The first-order valence-corrected chi connectivity index (χ1v) is 5.09. The first-order valence-electron chi connectivity index (χ1n) is 5.09. The molecular weight excluding hydrogens is 200 g/mol. The third kappa shape index (κ3) is 2.11. The Kier molecular flexibility index (Phi) is 3.00. The maximum absolute atomic E-state index is 4.28. The summed E-state index contributed by atoms with van der Waals surface area (Å²) in [5.74, 6) is 0. The summed E-state index contributed by atoms with van der Waals surface area (Å²) in [4.78, 5) is 11.2. The lowest BCUT2D eigenvalue weighted by Gasteiger charge is -2.02. The zero-order chi connectivity index (χ0) is 11.4. The van der Waals surface area contributed by atoms with Gasteiger partial charge in [-0.25, -0.2) is 4.98 Å². The van der Waals surface area contributed by atoms with Crippen LogP contribution in [0.15, 0.2) is 35.6 Å². The second-order valence-corrected chi connectivity index (χ2v) is 3.49. The minimum Gasteiger partial charge on any atom is -0.348 e. The third-order valence-corrected chi connectivity index (χ3v) is 2.35. The molecule has 2 rings (SSSR count). The smallest absolute Gasteiger partial charge is 0.0929 e. The first kappa shape index (κ1) is 10.4. The van der Waals surface area contributed by atoms with Crippen molar-refractivity contribution in [1.82, 2.24) is 9.97 Å². The van der Waals surface area contributed by atoms with Gasteiger partial charge in [0.05, 0.1) is 18.4 Å². The van der Waals surface area contributed by atoms with E-state index in [1.807, 2.05) is 31.2 Å². The van der Waals surface area contributed by atoms with Crippen LogP contribution < -0.4 is 5.32 Å². The lowest BCUT2D eigenvalue weighted by Crippen LogP contribution is -1.93. The average Bonchev–Trinajstić information content (AvgIpc) is 2.74. The van der Waals surface area contributed by atoms with Crippen LogP contribution in [0.5, 0.6) is 0 Å². The van der Waals surface area contributed by atoms with Crippen LogP contribution >= 0.6 is 0 Å². The standard InChI is InChI=1S/C12H14N4/c1-9-12(16-8-14-9)10-3-5-11(6-4-10)15-7-13-2/h3-8H,1-2H3,(H,13,15)(H,14,16). The molecule has 0 saturated heterocycles. The Morgan fingerprint density at radius 3 is 2.62 bits per heavy atom. The highest BCUT2D eigenvalue weighted by Crippen LogP contribution is 2.21. The molecule has 0 spiro atoms. The van der Waals surface area contributed by atoms with Gasteiger partial charge in [0, 0.05) is 24.0 Å². The van der Waals surface area contributed by atoms with Gasteiger partial charge in [-0.05, 0) is 19.1 Å². The average molecular weight is 214 g/mol. The molecule has 0 bridgehead atoms. The Morgan fingerprint density at radius 1 is 1.31 bits per heavy atom. The second kappa shape index (κ2) is 4.61. The maximum Gasteiger partial charge on any atom is 0.0929 e. The van der Waals surface area contributed by atoms with Gasteiger partial charge < -0.3 is 10.3 Å². The molecule has 0 aliphatic carbocycles. The zero-order valence-electron chi connectivity index (χ0n) is 9.36. The van der Waals surface area contributed by atoms with Gasteiger partial charge in [0.25, 0.3) is 0 Å². The van der Waals surface area contributed by atoms with E-state index in [1.165, 1.54) is 0 Å². The number of anilines is 1. The number of aromatic amines is 1. The van der Waals surface area contributed by atoms with E-state index in [0.29, 0.717) is 0 Å². The summed E-state index contributed by atoms with van der Waals surface area (Å²) < 4.78 is 0. The minimum absolute atomic E-state index is 0.996. The van der Waals surface area contributed by atoms with Gasteiger partial charge in [0.15, 0.2) is 0 Å². The van der Waals surface area contributed by atoms with Crippen molar-refractivity contribution >= 4 is 12.0 Å². The van der Waals surface area contributed by atoms with Crippen molar-refractivity contribution in [3.63, 3.8) is 0 Å². The van der Waals surface area contributed by atoms with Crippen molar-refractivity contribution in [3.8, 4) is 11.3 Å². The van der Waals surface area contributed by atoms with Gasteiger partial charge in [-0.3, -0.25) is 4.99 Å². The number of hydrogen-bond acceptors (Lipinski definition) is 2. The summed E-state index contributed by atoms with van der Waals surface area (Å²) in [6.45, 7) is 2.01. The van der Waals surface area contributed by atoms with Gasteiger partial charge >= 0.3 is 0 Å². The maximum atomic E-state index is 4.28. The molecule has 0 atom stereocenters. The number of aryl methyl sites for hydroxylation is 1. The molecule has 2 aromatic rings. The molecule has 0 saturated carbocycles. The quantitative estimate of drug-likeness (QED) is 0.609. The molecule has 1 aromatic carbocycles. The fraction of sp³-hybridized carbons (Fsp3) is 0.167. The third-order valence-electron chi connectivity index (χ3n) is 2.35. The summed E-state index contributed by atoms with van der Waals surface area (Å²) in [6.07, 6.45) is 3.37. The van der Waals surface area contributed by atoms with E-state index >= 15 is 0 Å². The molecule has 0 amide bonds. The molecule has 4 heteroatoms. The van der Waals surface area contributed by atoms with E-state index in [-0.39, 0.29) is 0 Å². The number of aromatic nitrogens is 2. The molecule has 0 radical (unpaired) electrons. The Morgan fingerprint density at radius 2 is 2.06 bits per heavy atom. The fourth-order valence-corrected chi connectivity index (χ4v) is 1.51. The number of rotatable bonds is 3. The van der Waals surface area contributed by atoms with Crippen molar-refractivity contribution in [2.75, 3.05) is 12.4 Å². The minimum atomic E-state index is 0.996. The Labute approximate surface area is 94.5 Å². The number of imidazole rings is 1. The summed E-state index contributed by atoms with van der Waals surface area (Å²) in [5.41, 5.74) is 4.20. The Balaban J connectivity index is 2.23.